The van der Waals surface area contributed by atoms with Gasteiger partial charge in [0, 0.05) is 34.7 Å². The van der Waals surface area contributed by atoms with Crippen LogP contribution >= 0.6 is 11.6 Å². The molecule has 0 radical (unpaired) electrons. The van der Waals surface area contributed by atoms with Gasteiger partial charge in [-0.1, -0.05) is 11.6 Å². The summed E-state index contributed by atoms with van der Waals surface area (Å²) in [6.45, 7) is 2.28. The average molecular weight is 507 g/mol. The first kappa shape index (κ1) is 25.0. The van der Waals surface area contributed by atoms with Crippen molar-refractivity contribution in [2.75, 3.05) is 19.0 Å². The van der Waals surface area contributed by atoms with Crippen LogP contribution in [0.1, 0.15) is 47.4 Å². The van der Waals surface area contributed by atoms with E-state index in [2.05, 4.69) is 20.6 Å². The van der Waals surface area contributed by atoms with Crippen LogP contribution in [0.4, 0.5) is 18.9 Å². The van der Waals surface area contributed by atoms with Gasteiger partial charge in [0.1, 0.15) is 5.69 Å². The van der Waals surface area contributed by atoms with Gasteiger partial charge in [0.05, 0.1) is 23.9 Å². The fourth-order valence-electron chi connectivity index (χ4n) is 4.41. The molecule has 4 rings (SSSR count). The van der Waals surface area contributed by atoms with E-state index in [4.69, 9.17) is 16.3 Å². The maximum Gasteiger partial charge on any atom is 0.433 e. The Morgan fingerprint density at radius 2 is 1.86 bits per heavy atom. The second-order valence-corrected chi connectivity index (χ2v) is 9.21. The number of carbonyl (C=O) groups is 1. The molecule has 1 aliphatic rings. The van der Waals surface area contributed by atoms with E-state index in [9.17, 15) is 18.0 Å². The highest BCUT2D eigenvalue weighted by molar-refractivity contribution is 6.31. The summed E-state index contributed by atoms with van der Waals surface area (Å²) in [5.74, 6) is 0.557. The minimum absolute atomic E-state index is 0.0395. The molecule has 0 aliphatic heterocycles. The van der Waals surface area contributed by atoms with Crippen molar-refractivity contribution in [3.05, 3.63) is 58.4 Å². The Kier molecular flexibility index (Phi) is 7.35. The van der Waals surface area contributed by atoms with Crippen molar-refractivity contribution in [1.82, 2.24) is 15.3 Å². The number of hydrogen-bond acceptors (Lipinski definition) is 5. The van der Waals surface area contributed by atoms with Crippen LogP contribution in [-0.4, -0.2) is 35.6 Å². The number of aromatic nitrogens is 2. The van der Waals surface area contributed by atoms with Gasteiger partial charge in [0.25, 0.3) is 5.91 Å². The predicted molar refractivity (Wildman–Crippen MR) is 129 cm³/mol. The molecule has 1 amide bonds. The molecule has 2 N–H and O–H groups in total. The SMILES string of the molecule is COc1ccc(C(=O)NC2CCC(CNc3cc(C(F)(F)F)nc4ccc(Cl)cc34)CC2)c(C)n1. The number of hydrogen-bond donors (Lipinski definition) is 2. The van der Waals surface area contributed by atoms with Crippen LogP contribution in [0.3, 0.4) is 0 Å². The highest BCUT2D eigenvalue weighted by Crippen LogP contribution is 2.34. The summed E-state index contributed by atoms with van der Waals surface area (Å²) in [4.78, 5) is 20.7. The van der Waals surface area contributed by atoms with E-state index in [1.807, 2.05) is 0 Å². The zero-order chi connectivity index (χ0) is 25.2. The first-order valence-corrected chi connectivity index (χ1v) is 11.8. The van der Waals surface area contributed by atoms with Crippen LogP contribution in [0.15, 0.2) is 36.4 Å². The third kappa shape index (κ3) is 5.96. The highest BCUT2D eigenvalue weighted by Gasteiger charge is 2.33. The van der Waals surface area contributed by atoms with Crippen molar-refractivity contribution in [2.45, 2.75) is 44.8 Å². The van der Waals surface area contributed by atoms with E-state index in [1.54, 1.807) is 25.1 Å². The lowest BCUT2D eigenvalue weighted by atomic mass is 9.85. The number of rotatable bonds is 6. The van der Waals surface area contributed by atoms with Gasteiger partial charge in [0.2, 0.25) is 5.88 Å². The lowest BCUT2D eigenvalue weighted by Gasteiger charge is -2.29. The van der Waals surface area contributed by atoms with Crippen LogP contribution in [-0.2, 0) is 6.18 Å². The minimum Gasteiger partial charge on any atom is -0.481 e. The van der Waals surface area contributed by atoms with Crippen molar-refractivity contribution in [2.24, 2.45) is 5.92 Å². The Morgan fingerprint density at radius 1 is 1.11 bits per heavy atom. The number of carbonyl (C=O) groups excluding carboxylic acids is 1. The molecule has 1 aromatic carbocycles. The molecule has 35 heavy (non-hydrogen) atoms. The van der Waals surface area contributed by atoms with Crippen LogP contribution < -0.4 is 15.4 Å². The lowest BCUT2D eigenvalue weighted by Crippen LogP contribution is -2.38. The molecular formula is C25H26ClF3N4O2. The Balaban J connectivity index is 1.37. The summed E-state index contributed by atoms with van der Waals surface area (Å²) in [6, 6.07) is 9.07. The molecule has 0 spiro atoms. The summed E-state index contributed by atoms with van der Waals surface area (Å²) >= 11 is 6.07. The Labute approximate surface area is 206 Å². The van der Waals surface area contributed by atoms with Gasteiger partial charge in [-0.05, 0) is 68.9 Å². The van der Waals surface area contributed by atoms with E-state index in [0.717, 1.165) is 31.7 Å². The van der Waals surface area contributed by atoms with Gasteiger partial charge in [-0.15, -0.1) is 0 Å². The van der Waals surface area contributed by atoms with E-state index in [0.29, 0.717) is 39.8 Å². The van der Waals surface area contributed by atoms with Crippen LogP contribution in [0.5, 0.6) is 5.88 Å². The normalized spacial score (nSPS) is 18.3. The Hall–Kier alpha value is -3.07. The first-order valence-electron chi connectivity index (χ1n) is 11.4. The van der Waals surface area contributed by atoms with Crippen LogP contribution in [0.2, 0.25) is 5.02 Å². The molecule has 1 saturated carbocycles. The van der Waals surface area contributed by atoms with Gasteiger partial charge < -0.3 is 15.4 Å². The maximum atomic E-state index is 13.3. The topological polar surface area (TPSA) is 76.1 Å². The summed E-state index contributed by atoms with van der Waals surface area (Å²) < 4.78 is 45.1. The lowest BCUT2D eigenvalue weighted by molar-refractivity contribution is -0.140. The number of nitrogens with zero attached hydrogens (tertiary/aromatic N) is 2. The fraction of sp³-hybridized carbons (Fsp3) is 0.400. The van der Waals surface area contributed by atoms with Crippen molar-refractivity contribution >= 4 is 34.1 Å². The molecule has 0 bridgehead atoms. The molecule has 186 valence electrons. The summed E-state index contributed by atoms with van der Waals surface area (Å²) in [7, 11) is 1.52. The zero-order valence-corrected chi connectivity index (χ0v) is 20.1. The van der Waals surface area contributed by atoms with Gasteiger partial charge in [-0.25, -0.2) is 9.97 Å². The van der Waals surface area contributed by atoms with Crippen LogP contribution in [0, 0.1) is 12.8 Å². The number of pyridine rings is 2. The smallest absolute Gasteiger partial charge is 0.433 e. The first-order chi connectivity index (χ1) is 16.6. The molecule has 2 heterocycles. The Morgan fingerprint density at radius 3 is 2.51 bits per heavy atom. The monoisotopic (exact) mass is 506 g/mol. The maximum absolute atomic E-state index is 13.3. The largest absolute Gasteiger partial charge is 0.481 e. The molecule has 0 saturated heterocycles. The summed E-state index contributed by atoms with van der Waals surface area (Å²) in [6.07, 6.45) is -1.28. The van der Waals surface area contributed by atoms with Gasteiger partial charge in [0.15, 0.2) is 0 Å². The van der Waals surface area contributed by atoms with Gasteiger partial charge in [-0.2, -0.15) is 13.2 Å². The number of anilines is 1. The van der Waals surface area contributed by atoms with Crippen molar-refractivity contribution in [3.8, 4) is 5.88 Å². The van der Waals surface area contributed by atoms with Gasteiger partial charge >= 0.3 is 6.18 Å². The number of fused-ring (bicyclic) bond motifs is 1. The number of ether oxygens (including phenoxy) is 1. The van der Waals surface area contributed by atoms with Crippen molar-refractivity contribution in [1.29, 1.82) is 0 Å². The van der Waals surface area contributed by atoms with E-state index in [-0.39, 0.29) is 23.4 Å². The molecule has 0 atom stereocenters. The molecule has 6 nitrogen and oxygen atoms in total. The number of benzene rings is 1. The van der Waals surface area contributed by atoms with E-state index >= 15 is 0 Å². The number of amides is 1. The fourth-order valence-corrected chi connectivity index (χ4v) is 4.58. The van der Waals surface area contributed by atoms with Crippen molar-refractivity contribution in [3.63, 3.8) is 0 Å². The number of methoxy groups -OCH3 is 1. The second kappa shape index (κ2) is 10.3. The second-order valence-electron chi connectivity index (χ2n) is 8.77. The standard InChI is InChI=1S/C25H26ClF3N4O2/c1-14-18(8-10-23(31-14)35-2)24(34)32-17-6-3-15(4-7-17)13-30-21-12-22(25(27,28)29)33-20-9-5-16(26)11-19(20)21/h5,8-12,15,17H,3-4,6-7,13H2,1-2H3,(H,30,33)(H,32,34). The molecule has 10 heteroatoms. The molecular weight excluding hydrogens is 481 g/mol. The van der Waals surface area contributed by atoms with E-state index < -0.39 is 11.9 Å². The third-order valence-electron chi connectivity index (χ3n) is 6.34. The Bertz CT molecular complexity index is 1230. The number of alkyl halides is 3. The molecule has 2 aromatic heterocycles. The average Bonchev–Trinajstić information content (AvgIpc) is 2.82. The summed E-state index contributed by atoms with van der Waals surface area (Å²) in [5.41, 5.74) is 0.773. The predicted octanol–water partition coefficient (Wildman–Crippen LogP) is 6.02. The van der Waals surface area contributed by atoms with Crippen molar-refractivity contribution < 1.29 is 22.7 Å². The highest BCUT2D eigenvalue weighted by atomic mass is 35.5. The molecule has 3 aromatic rings. The third-order valence-corrected chi connectivity index (χ3v) is 6.57. The van der Waals surface area contributed by atoms with Gasteiger partial charge in [-0.3, -0.25) is 4.79 Å². The van der Waals surface area contributed by atoms with E-state index in [1.165, 1.54) is 19.2 Å². The molecule has 1 fully saturated rings. The number of halogens is 4. The number of aryl methyl sites for hydroxylation is 1. The molecule has 0 unspecified atom stereocenters. The minimum atomic E-state index is -4.54. The zero-order valence-electron chi connectivity index (χ0n) is 19.4. The quantitative estimate of drug-likeness (QED) is 0.427. The molecule has 1 aliphatic carbocycles. The summed E-state index contributed by atoms with van der Waals surface area (Å²) in [5, 5.41) is 7.25. The number of nitrogens with one attached hydrogen (secondary N) is 2. The van der Waals surface area contributed by atoms with Crippen LogP contribution in [0.25, 0.3) is 10.9 Å².